The molecule has 1 spiro atoms. The largest absolute Gasteiger partial charge is 0.395 e. The van der Waals surface area contributed by atoms with Gasteiger partial charge in [-0.3, -0.25) is 19.4 Å². The summed E-state index contributed by atoms with van der Waals surface area (Å²) < 4.78 is 0. The Balaban J connectivity index is 1.58. The van der Waals surface area contributed by atoms with Gasteiger partial charge >= 0.3 is 6.03 Å². The van der Waals surface area contributed by atoms with E-state index in [1.54, 1.807) is 4.90 Å². The lowest BCUT2D eigenvalue weighted by Gasteiger charge is -2.39. The Kier molecular flexibility index (Phi) is 6.05. The minimum atomic E-state index is -0.816. The molecule has 0 bridgehead atoms. The zero-order valence-corrected chi connectivity index (χ0v) is 16.4. The SMILES string of the molecule is CC[C@H](CO)N1CCN(C(=O)CN2C(=O)N[C@]3(CCCC[C@H]3C)C2=O)CC1. The molecule has 0 aromatic rings. The van der Waals surface area contributed by atoms with Crippen molar-refractivity contribution in [3.63, 3.8) is 0 Å². The van der Waals surface area contributed by atoms with E-state index in [1.165, 1.54) is 0 Å². The third-order valence-electron chi connectivity index (χ3n) is 6.66. The average Bonchev–Trinajstić information content (AvgIpc) is 2.90. The number of imide groups is 1. The molecular formula is C19H32N4O4. The van der Waals surface area contributed by atoms with Gasteiger partial charge in [0.1, 0.15) is 12.1 Å². The zero-order valence-electron chi connectivity index (χ0n) is 16.4. The predicted octanol–water partition coefficient (Wildman–Crippen LogP) is 0.402. The summed E-state index contributed by atoms with van der Waals surface area (Å²) in [4.78, 5) is 43.1. The summed E-state index contributed by atoms with van der Waals surface area (Å²) in [6, 6.07) is -0.312. The quantitative estimate of drug-likeness (QED) is 0.674. The number of hydrogen-bond donors (Lipinski definition) is 2. The van der Waals surface area contributed by atoms with Crippen LogP contribution in [0.2, 0.25) is 0 Å². The minimum absolute atomic E-state index is 0.0933. The lowest BCUT2D eigenvalue weighted by atomic mass is 9.73. The summed E-state index contributed by atoms with van der Waals surface area (Å²) in [5, 5.41) is 12.3. The van der Waals surface area contributed by atoms with Crippen LogP contribution < -0.4 is 5.32 Å². The van der Waals surface area contributed by atoms with E-state index in [0.29, 0.717) is 32.6 Å². The summed E-state index contributed by atoms with van der Waals surface area (Å²) in [5.41, 5.74) is -0.816. The molecule has 2 saturated heterocycles. The second-order valence-electron chi connectivity index (χ2n) is 8.10. The molecule has 8 nitrogen and oxygen atoms in total. The van der Waals surface area contributed by atoms with Crippen LogP contribution in [0.15, 0.2) is 0 Å². The van der Waals surface area contributed by atoms with E-state index in [4.69, 9.17) is 0 Å². The van der Waals surface area contributed by atoms with Gasteiger partial charge in [-0.25, -0.2) is 4.79 Å². The van der Waals surface area contributed by atoms with Crippen LogP contribution in [0, 0.1) is 5.92 Å². The molecule has 2 aliphatic heterocycles. The van der Waals surface area contributed by atoms with E-state index < -0.39 is 11.6 Å². The number of aliphatic hydroxyl groups is 1. The van der Waals surface area contributed by atoms with Crippen molar-refractivity contribution >= 4 is 17.8 Å². The Hall–Kier alpha value is -1.67. The van der Waals surface area contributed by atoms with Crippen molar-refractivity contribution in [1.82, 2.24) is 20.0 Å². The fourth-order valence-electron chi connectivity index (χ4n) is 4.71. The minimum Gasteiger partial charge on any atom is -0.395 e. The Bertz CT molecular complexity index is 586. The molecule has 1 saturated carbocycles. The van der Waals surface area contributed by atoms with Gasteiger partial charge in [0.25, 0.3) is 5.91 Å². The van der Waals surface area contributed by atoms with E-state index in [2.05, 4.69) is 10.2 Å². The number of piperazine rings is 1. The van der Waals surface area contributed by atoms with E-state index in [1.807, 2.05) is 13.8 Å². The molecule has 0 aromatic carbocycles. The second kappa shape index (κ2) is 8.14. The molecule has 3 rings (SSSR count). The maximum absolute atomic E-state index is 13.0. The zero-order chi connectivity index (χ0) is 19.6. The van der Waals surface area contributed by atoms with Gasteiger partial charge in [0.15, 0.2) is 0 Å². The number of nitrogens with zero attached hydrogens (tertiary/aromatic N) is 3. The van der Waals surface area contributed by atoms with Crippen molar-refractivity contribution in [2.45, 2.75) is 57.5 Å². The number of urea groups is 1. The second-order valence-corrected chi connectivity index (χ2v) is 8.10. The van der Waals surface area contributed by atoms with Crippen molar-refractivity contribution in [2.24, 2.45) is 5.92 Å². The summed E-state index contributed by atoms with van der Waals surface area (Å²) in [6.07, 6.45) is 4.43. The first-order valence-electron chi connectivity index (χ1n) is 10.2. The first-order valence-corrected chi connectivity index (χ1v) is 10.2. The van der Waals surface area contributed by atoms with Crippen molar-refractivity contribution in [1.29, 1.82) is 0 Å². The van der Waals surface area contributed by atoms with Crippen molar-refractivity contribution in [3.05, 3.63) is 0 Å². The number of carbonyl (C=O) groups is 3. The highest BCUT2D eigenvalue weighted by molar-refractivity contribution is 6.09. The molecule has 0 unspecified atom stereocenters. The summed E-state index contributed by atoms with van der Waals surface area (Å²) in [7, 11) is 0. The van der Waals surface area contributed by atoms with Crippen LogP contribution in [0.3, 0.4) is 0 Å². The normalized spacial score (nSPS) is 30.7. The van der Waals surface area contributed by atoms with E-state index >= 15 is 0 Å². The average molecular weight is 380 g/mol. The monoisotopic (exact) mass is 380 g/mol. The Morgan fingerprint density at radius 1 is 1.26 bits per heavy atom. The lowest BCUT2D eigenvalue weighted by Crippen LogP contribution is -2.55. The Morgan fingerprint density at radius 3 is 2.56 bits per heavy atom. The predicted molar refractivity (Wildman–Crippen MR) is 99.9 cm³/mol. The van der Waals surface area contributed by atoms with E-state index in [9.17, 15) is 19.5 Å². The van der Waals surface area contributed by atoms with E-state index in [-0.39, 0.29) is 36.9 Å². The van der Waals surface area contributed by atoms with Crippen molar-refractivity contribution in [3.8, 4) is 0 Å². The molecule has 4 amide bonds. The number of hydrogen-bond acceptors (Lipinski definition) is 5. The molecule has 152 valence electrons. The molecule has 1 aliphatic carbocycles. The highest BCUT2D eigenvalue weighted by atomic mass is 16.3. The maximum Gasteiger partial charge on any atom is 0.325 e. The van der Waals surface area contributed by atoms with Gasteiger partial charge in [-0.1, -0.05) is 26.7 Å². The van der Waals surface area contributed by atoms with Gasteiger partial charge in [0.2, 0.25) is 5.91 Å². The standard InChI is InChI=1S/C19H32N4O4/c1-3-15(13-24)21-8-10-22(11-9-21)16(25)12-23-17(26)19(20-18(23)27)7-5-4-6-14(19)2/h14-15,24H,3-13H2,1-2H3,(H,20,27)/t14-,15-,19+/m1/s1. The van der Waals surface area contributed by atoms with Crippen molar-refractivity contribution < 1.29 is 19.5 Å². The third kappa shape index (κ3) is 3.69. The molecular weight excluding hydrogens is 348 g/mol. The van der Waals surface area contributed by atoms with Gasteiger partial charge < -0.3 is 15.3 Å². The highest BCUT2D eigenvalue weighted by Crippen LogP contribution is 2.38. The molecule has 3 fully saturated rings. The molecule has 2 heterocycles. The molecule has 3 atom stereocenters. The first-order chi connectivity index (χ1) is 12.9. The van der Waals surface area contributed by atoms with Gasteiger partial charge in [0.05, 0.1) is 6.61 Å². The number of nitrogens with one attached hydrogen (secondary N) is 1. The number of aliphatic hydroxyl groups excluding tert-OH is 1. The summed E-state index contributed by atoms with van der Waals surface area (Å²) in [5.74, 6) is -0.329. The lowest BCUT2D eigenvalue weighted by molar-refractivity contribution is -0.141. The van der Waals surface area contributed by atoms with Gasteiger partial charge in [0, 0.05) is 32.2 Å². The molecule has 8 heteroatoms. The number of amides is 4. The summed E-state index contributed by atoms with van der Waals surface area (Å²) >= 11 is 0. The van der Waals surface area contributed by atoms with Crippen LogP contribution in [0.1, 0.15) is 46.0 Å². The molecule has 3 aliphatic rings. The van der Waals surface area contributed by atoms with Gasteiger partial charge in [-0.05, 0) is 25.2 Å². The topological polar surface area (TPSA) is 93.2 Å². The third-order valence-corrected chi connectivity index (χ3v) is 6.66. The first kappa shape index (κ1) is 20.1. The van der Waals surface area contributed by atoms with Crippen LogP contribution >= 0.6 is 0 Å². The summed E-state index contributed by atoms with van der Waals surface area (Å²) in [6.45, 7) is 6.49. The fraction of sp³-hybridized carbons (Fsp3) is 0.842. The molecule has 2 N–H and O–H groups in total. The maximum atomic E-state index is 13.0. The van der Waals surface area contributed by atoms with Crippen LogP contribution in [-0.2, 0) is 9.59 Å². The smallest absolute Gasteiger partial charge is 0.325 e. The highest BCUT2D eigenvalue weighted by Gasteiger charge is 2.55. The molecule has 0 aromatic heterocycles. The van der Waals surface area contributed by atoms with Crippen LogP contribution in [0.25, 0.3) is 0 Å². The van der Waals surface area contributed by atoms with Crippen LogP contribution in [-0.4, -0.2) is 88.6 Å². The number of carbonyl (C=O) groups excluding carboxylic acids is 3. The Labute approximate surface area is 160 Å². The van der Waals surface area contributed by atoms with Gasteiger partial charge in [-0.15, -0.1) is 0 Å². The van der Waals surface area contributed by atoms with Crippen LogP contribution in [0.4, 0.5) is 4.79 Å². The van der Waals surface area contributed by atoms with E-state index in [0.717, 1.165) is 30.6 Å². The fourth-order valence-corrected chi connectivity index (χ4v) is 4.71. The molecule has 27 heavy (non-hydrogen) atoms. The van der Waals surface area contributed by atoms with Gasteiger partial charge in [-0.2, -0.15) is 0 Å². The van der Waals surface area contributed by atoms with Crippen LogP contribution in [0.5, 0.6) is 0 Å². The van der Waals surface area contributed by atoms with Crippen molar-refractivity contribution in [2.75, 3.05) is 39.3 Å². The number of rotatable bonds is 5. The molecule has 0 radical (unpaired) electrons. The Morgan fingerprint density at radius 2 is 1.96 bits per heavy atom.